The van der Waals surface area contributed by atoms with Gasteiger partial charge in [0.25, 0.3) is 5.24 Å². The standard InChI is InChI=1S/C25H23NO3S/c1-17(19-10-4-2-5-11-19)29-23(20-12-6-3-7-13-20)21-14-8-9-18(15-21)16-22-24(27)26-25(28)30-22/h2-15,17,22-23H,16H2,1H3,(H,26,27,28)/t17-,22?,23?/m1/s1. The summed E-state index contributed by atoms with van der Waals surface area (Å²) < 4.78 is 6.53. The van der Waals surface area contributed by atoms with E-state index in [1.807, 2.05) is 54.6 Å². The first-order valence-electron chi connectivity index (χ1n) is 9.96. The third-order valence-corrected chi connectivity index (χ3v) is 6.13. The van der Waals surface area contributed by atoms with Crippen molar-refractivity contribution in [2.24, 2.45) is 0 Å². The fourth-order valence-electron chi connectivity index (χ4n) is 3.61. The Balaban J connectivity index is 1.61. The molecule has 3 aromatic carbocycles. The highest BCUT2D eigenvalue weighted by atomic mass is 32.2. The van der Waals surface area contributed by atoms with Crippen molar-refractivity contribution in [1.29, 1.82) is 0 Å². The largest absolute Gasteiger partial charge is 0.361 e. The Bertz CT molecular complexity index is 1020. The molecular weight excluding hydrogens is 394 g/mol. The second-order valence-corrected chi connectivity index (χ2v) is 8.49. The molecule has 0 aromatic heterocycles. The molecule has 4 nitrogen and oxygen atoms in total. The zero-order chi connectivity index (χ0) is 20.9. The smallest absolute Gasteiger partial charge is 0.286 e. The Morgan fingerprint density at radius 1 is 0.867 bits per heavy atom. The predicted octanol–water partition coefficient (Wildman–Crippen LogP) is 5.45. The second kappa shape index (κ2) is 9.28. The fourth-order valence-corrected chi connectivity index (χ4v) is 4.47. The molecule has 1 fully saturated rings. The summed E-state index contributed by atoms with van der Waals surface area (Å²) in [6.45, 7) is 2.06. The molecule has 0 spiro atoms. The molecule has 4 rings (SSSR count). The number of thioether (sulfide) groups is 1. The molecule has 2 unspecified atom stereocenters. The monoisotopic (exact) mass is 417 g/mol. The minimum atomic E-state index is -0.382. The summed E-state index contributed by atoms with van der Waals surface area (Å²) >= 11 is 1.06. The molecule has 0 radical (unpaired) electrons. The quantitative estimate of drug-likeness (QED) is 0.556. The van der Waals surface area contributed by atoms with Crippen LogP contribution in [0.15, 0.2) is 84.9 Å². The molecule has 1 aliphatic rings. The lowest BCUT2D eigenvalue weighted by Crippen LogP contribution is -2.25. The molecule has 2 amide bonds. The van der Waals surface area contributed by atoms with Crippen LogP contribution >= 0.6 is 11.8 Å². The van der Waals surface area contributed by atoms with E-state index in [1.165, 1.54) is 0 Å². The van der Waals surface area contributed by atoms with E-state index in [2.05, 4.69) is 42.6 Å². The van der Waals surface area contributed by atoms with Crippen LogP contribution in [0.2, 0.25) is 0 Å². The number of imide groups is 1. The number of hydrogen-bond donors (Lipinski definition) is 1. The second-order valence-electron chi connectivity index (χ2n) is 7.31. The molecule has 5 heteroatoms. The Labute approximate surface area is 180 Å². The van der Waals surface area contributed by atoms with E-state index in [0.717, 1.165) is 34.0 Å². The van der Waals surface area contributed by atoms with Crippen LogP contribution in [0, 0.1) is 0 Å². The van der Waals surface area contributed by atoms with Crippen molar-refractivity contribution in [3.63, 3.8) is 0 Å². The van der Waals surface area contributed by atoms with Crippen LogP contribution in [0.4, 0.5) is 4.79 Å². The number of ether oxygens (including phenoxy) is 1. The van der Waals surface area contributed by atoms with Crippen molar-refractivity contribution >= 4 is 22.9 Å². The van der Waals surface area contributed by atoms with Crippen LogP contribution in [0.25, 0.3) is 0 Å². The number of benzene rings is 3. The zero-order valence-electron chi connectivity index (χ0n) is 16.7. The van der Waals surface area contributed by atoms with Crippen LogP contribution < -0.4 is 5.32 Å². The van der Waals surface area contributed by atoms with Gasteiger partial charge in [0.05, 0.1) is 11.4 Å². The maximum absolute atomic E-state index is 12.0. The van der Waals surface area contributed by atoms with E-state index >= 15 is 0 Å². The zero-order valence-corrected chi connectivity index (χ0v) is 17.5. The SMILES string of the molecule is C[C@@H](OC(c1ccccc1)c1cccc(CC2SC(=O)NC2=O)c1)c1ccccc1. The minimum absolute atomic E-state index is 0.0890. The van der Waals surface area contributed by atoms with Gasteiger partial charge in [0.2, 0.25) is 5.91 Å². The van der Waals surface area contributed by atoms with Crippen LogP contribution in [0.5, 0.6) is 0 Å². The van der Waals surface area contributed by atoms with Gasteiger partial charge in [-0.05, 0) is 35.6 Å². The van der Waals surface area contributed by atoms with Gasteiger partial charge in [-0.25, -0.2) is 0 Å². The van der Waals surface area contributed by atoms with E-state index in [9.17, 15) is 9.59 Å². The number of rotatable bonds is 7. The third-order valence-electron chi connectivity index (χ3n) is 5.15. The van der Waals surface area contributed by atoms with Gasteiger partial charge in [-0.1, -0.05) is 96.7 Å². The van der Waals surface area contributed by atoms with Crippen molar-refractivity contribution in [1.82, 2.24) is 5.32 Å². The highest BCUT2D eigenvalue weighted by molar-refractivity contribution is 8.15. The van der Waals surface area contributed by atoms with Crippen LogP contribution in [0.1, 0.15) is 41.4 Å². The summed E-state index contributed by atoms with van der Waals surface area (Å²) in [6.07, 6.45) is 0.174. The molecule has 152 valence electrons. The van der Waals surface area contributed by atoms with E-state index in [1.54, 1.807) is 0 Å². The van der Waals surface area contributed by atoms with E-state index in [0.29, 0.717) is 6.42 Å². The molecule has 30 heavy (non-hydrogen) atoms. The van der Waals surface area contributed by atoms with Gasteiger partial charge in [0.15, 0.2) is 0 Å². The van der Waals surface area contributed by atoms with Gasteiger partial charge < -0.3 is 4.74 Å². The van der Waals surface area contributed by atoms with Crippen molar-refractivity contribution in [2.45, 2.75) is 30.8 Å². The summed E-state index contributed by atoms with van der Waals surface area (Å²) in [7, 11) is 0. The molecule has 3 aromatic rings. The molecule has 1 N–H and O–H groups in total. The third kappa shape index (κ3) is 4.81. The van der Waals surface area contributed by atoms with Crippen LogP contribution in [-0.4, -0.2) is 16.4 Å². The van der Waals surface area contributed by atoms with Crippen molar-refractivity contribution < 1.29 is 14.3 Å². The topological polar surface area (TPSA) is 55.4 Å². The molecule has 1 saturated heterocycles. The molecule has 0 aliphatic carbocycles. The first kappa shape index (κ1) is 20.4. The number of carbonyl (C=O) groups is 2. The Kier molecular flexibility index (Phi) is 6.31. The molecule has 0 bridgehead atoms. The average Bonchev–Trinajstić information content (AvgIpc) is 3.09. The maximum Gasteiger partial charge on any atom is 0.286 e. The summed E-state index contributed by atoms with van der Waals surface area (Å²) in [5.41, 5.74) is 4.22. The van der Waals surface area contributed by atoms with E-state index in [-0.39, 0.29) is 28.6 Å². The van der Waals surface area contributed by atoms with Crippen molar-refractivity contribution in [3.05, 3.63) is 107 Å². The normalized spacial score (nSPS) is 18.1. The first-order valence-corrected chi connectivity index (χ1v) is 10.8. The number of amides is 2. The lowest BCUT2D eigenvalue weighted by atomic mass is 9.97. The van der Waals surface area contributed by atoms with Gasteiger partial charge in [-0.15, -0.1) is 0 Å². The highest BCUT2D eigenvalue weighted by Crippen LogP contribution is 2.33. The highest BCUT2D eigenvalue weighted by Gasteiger charge is 2.31. The van der Waals surface area contributed by atoms with Gasteiger partial charge in [0.1, 0.15) is 6.10 Å². The molecular formula is C25H23NO3S. The van der Waals surface area contributed by atoms with E-state index < -0.39 is 0 Å². The molecule has 3 atom stereocenters. The predicted molar refractivity (Wildman–Crippen MR) is 119 cm³/mol. The summed E-state index contributed by atoms with van der Waals surface area (Å²) in [5, 5.41) is 1.70. The molecule has 1 aliphatic heterocycles. The average molecular weight is 418 g/mol. The van der Waals surface area contributed by atoms with E-state index in [4.69, 9.17) is 4.74 Å². The van der Waals surface area contributed by atoms with Crippen molar-refractivity contribution in [3.8, 4) is 0 Å². The minimum Gasteiger partial charge on any atom is -0.361 e. The van der Waals surface area contributed by atoms with Crippen LogP contribution in [-0.2, 0) is 16.0 Å². The summed E-state index contributed by atoms with van der Waals surface area (Å²) in [5.74, 6) is -0.219. The number of nitrogens with one attached hydrogen (secondary N) is 1. The van der Waals surface area contributed by atoms with Crippen molar-refractivity contribution in [2.75, 3.05) is 0 Å². The van der Waals surface area contributed by atoms with Crippen LogP contribution in [0.3, 0.4) is 0 Å². The first-order chi connectivity index (χ1) is 14.6. The lowest BCUT2D eigenvalue weighted by Gasteiger charge is -2.24. The summed E-state index contributed by atoms with van der Waals surface area (Å²) in [6, 6.07) is 28.4. The summed E-state index contributed by atoms with van der Waals surface area (Å²) in [4.78, 5) is 23.4. The molecule has 1 heterocycles. The van der Waals surface area contributed by atoms with Gasteiger partial charge in [-0.2, -0.15) is 0 Å². The Morgan fingerprint density at radius 2 is 1.50 bits per heavy atom. The number of hydrogen-bond acceptors (Lipinski definition) is 4. The Hall–Kier alpha value is -2.89. The molecule has 0 saturated carbocycles. The Morgan fingerprint density at radius 3 is 2.13 bits per heavy atom. The fraction of sp³-hybridized carbons (Fsp3) is 0.200. The maximum atomic E-state index is 12.0. The van der Waals surface area contributed by atoms with Gasteiger partial charge in [0, 0.05) is 0 Å². The van der Waals surface area contributed by atoms with Gasteiger partial charge in [-0.3, -0.25) is 14.9 Å². The number of carbonyl (C=O) groups excluding carboxylic acids is 2. The van der Waals surface area contributed by atoms with Gasteiger partial charge >= 0.3 is 0 Å². The lowest BCUT2D eigenvalue weighted by molar-refractivity contribution is -0.118.